The van der Waals surface area contributed by atoms with Gasteiger partial charge in [0, 0.05) is 11.6 Å². The molecule has 2 aromatic heterocycles. The second kappa shape index (κ2) is 4.84. The number of carboxylic acids is 1. The molecule has 5 nitrogen and oxygen atoms in total. The SMILES string of the molecule is Cc1ccc(-c2ccnc(C(C)(C)CC(=O)O)n2)o1. The highest BCUT2D eigenvalue weighted by Crippen LogP contribution is 2.26. The highest BCUT2D eigenvalue weighted by molar-refractivity contribution is 5.68. The molecule has 0 fully saturated rings. The molecule has 0 radical (unpaired) electrons. The molecule has 0 unspecified atom stereocenters. The first-order valence-corrected chi connectivity index (χ1v) is 6.00. The molecule has 0 aliphatic carbocycles. The lowest BCUT2D eigenvalue weighted by atomic mass is 9.88. The van der Waals surface area contributed by atoms with Crippen molar-refractivity contribution in [2.45, 2.75) is 32.6 Å². The fourth-order valence-electron chi connectivity index (χ4n) is 1.85. The van der Waals surface area contributed by atoms with Gasteiger partial charge in [0.25, 0.3) is 0 Å². The maximum Gasteiger partial charge on any atom is 0.304 e. The molecule has 0 amide bonds. The minimum absolute atomic E-state index is 0.0202. The van der Waals surface area contributed by atoms with Crippen LogP contribution in [-0.2, 0) is 10.2 Å². The molecule has 2 aromatic rings. The van der Waals surface area contributed by atoms with Gasteiger partial charge in [-0.25, -0.2) is 9.97 Å². The van der Waals surface area contributed by atoms with Gasteiger partial charge in [0.05, 0.1) is 6.42 Å². The van der Waals surface area contributed by atoms with Crippen LogP contribution in [-0.4, -0.2) is 21.0 Å². The Hall–Kier alpha value is -2.17. The average molecular weight is 260 g/mol. The van der Waals surface area contributed by atoms with E-state index < -0.39 is 11.4 Å². The number of nitrogens with zero attached hydrogens (tertiary/aromatic N) is 2. The number of carbonyl (C=O) groups is 1. The van der Waals surface area contributed by atoms with E-state index in [-0.39, 0.29) is 6.42 Å². The van der Waals surface area contributed by atoms with E-state index in [0.29, 0.717) is 17.3 Å². The summed E-state index contributed by atoms with van der Waals surface area (Å²) in [6, 6.07) is 5.45. The second-order valence-electron chi connectivity index (χ2n) is 5.13. The molecular formula is C14H16N2O3. The van der Waals surface area contributed by atoms with Gasteiger partial charge in [0.1, 0.15) is 17.3 Å². The van der Waals surface area contributed by atoms with Gasteiger partial charge in [-0.05, 0) is 25.1 Å². The van der Waals surface area contributed by atoms with Crippen LogP contribution in [0.5, 0.6) is 0 Å². The van der Waals surface area contributed by atoms with Crippen molar-refractivity contribution in [2.75, 3.05) is 0 Å². The zero-order valence-electron chi connectivity index (χ0n) is 11.2. The Morgan fingerprint density at radius 2 is 2.11 bits per heavy atom. The molecule has 0 atom stereocenters. The van der Waals surface area contributed by atoms with E-state index in [1.165, 1.54) is 0 Å². The standard InChI is InChI=1S/C14H16N2O3/c1-9-4-5-11(19-9)10-6-7-15-13(16-10)14(2,3)8-12(17)18/h4-7H,8H2,1-3H3,(H,17,18). The number of aromatic nitrogens is 2. The van der Waals surface area contributed by atoms with E-state index in [1.807, 2.05) is 32.9 Å². The monoisotopic (exact) mass is 260 g/mol. The average Bonchev–Trinajstić information content (AvgIpc) is 2.74. The molecule has 0 bridgehead atoms. The van der Waals surface area contributed by atoms with Crippen LogP contribution in [0.2, 0.25) is 0 Å². The summed E-state index contributed by atoms with van der Waals surface area (Å²) < 4.78 is 5.51. The van der Waals surface area contributed by atoms with Gasteiger partial charge in [-0.3, -0.25) is 4.79 Å². The van der Waals surface area contributed by atoms with Gasteiger partial charge in [-0.1, -0.05) is 13.8 Å². The third-order valence-corrected chi connectivity index (χ3v) is 2.85. The fourth-order valence-corrected chi connectivity index (χ4v) is 1.85. The third kappa shape index (κ3) is 2.99. The van der Waals surface area contributed by atoms with Crippen molar-refractivity contribution < 1.29 is 14.3 Å². The molecule has 0 spiro atoms. The summed E-state index contributed by atoms with van der Waals surface area (Å²) in [5.41, 5.74) is 0.0419. The van der Waals surface area contributed by atoms with Crippen molar-refractivity contribution in [1.29, 1.82) is 0 Å². The van der Waals surface area contributed by atoms with Crippen molar-refractivity contribution in [3.8, 4) is 11.5 Å². The summed E-state index contributed by atoms with van der Waals surface area (Å²) >= 11 is 0. The van der Waals surface area contributed by atoms with E-state index in [0.717, 1.165) is 5.76 Å². The summed E-state index contributed by atoms with van der Waals surface area (Å²) in [7, 11) is 0. The molecule has 0 aliphatic rings. The first kappa shape index (κ1) is 13.3. The van der Waals surface area contributed by atoms with Gasteiger partial charge in [0.15, 0.2) is 5.76 Å². The molecule has 5 heteroatoms. The Bertz CT molecular complexity index is 602. The summed E-state index contributed by atoms with van der Waals surface area (Å²) in [4.78, 5) is 19.5. The maximum atomic E-state index is 10.9. The van der Waals surface area contributed by atoms with Gasteiger partial charge in [-0.15, -0.1) is 0 Å². The van der Waals surface area contributed by atoms with Crippen LogP contribution in [0.3, 0.4) is 0 Å². The molecule has 2 rings (SSSR count). The van der Waals surface area contributed by atoms with Crippen LogP contribution in [0, 0.1) is 6.92 Å². The minimum Gasteiger partial charge on any atom is -0.481 e. The fraction of sp³-hybridized carbons (Fsp3) is 0.357. The summed E-state index contributed by atoms with van der Waals surface area (Å²) in [5, 5.41) is 8.93. The largest absolute Gasteiger partial charge is 0.481 e. The van der Waals surface area contributed by atoms with Crippen molar-refractivity contribution in [3.05, 3.63) is 36.0 Å². The highest BCUT2D eigenvalue weighted by Gasteiger charge is 2.27. The van der Waals surface area contributed by atoms with Crippen LogP contribution in [0.1, 0.15) is 31.9 Å². The molecular weight excluding hydrogens is 244 g/mol. The van der Waals surface area contributed by atoms with Gasteiger partial charge in [0.2, 0.25) is 0 Å². The lowest BCUT2D eigenvalue weighted by molar-refractivity contribution is -0.138. The number of hydrogen-bond acceptors (Lipinski definition) is 4. The first-order chi connectivity index (χ1) is 8.88. The molecule has 1 N–H and O–H groups in total. The predicted molar refractivity (Wildman–Crippen MR) is 69.7 cm³/mol. The normalized spacial score (nSPS) is 11.5. The van der Waals surface area contributed by atoms with Crippen molar-refractivity contribution in [2.24, 2.45) is 0 Å². The van der Waals surface area contributed by atoms with Crippen molar-refractivity contribution in [3.63, 3.8) is 0 Å². The summed E-state index contributed by atoms with van der Waals surface area (Å²) in [6.07, 6.45) is 1.60. The summed E-state index contributed by atoms with van der Waals surface area (Å²) in [5.74, 6) is 1.10. The number of hydrogen-bond donors (Lipinski definition) is 1. The Kier molecular flexibility index (Phi) is 3.38. The number of rotatable bonds is 4. The zero-order chi connectivity index (χ0) is 14.0. The number of carboxylic acid groups (broad SMARTS) is 1. The van der Waals surface area contributed by atoms with Crippen LogP contribution in [0.15, 0.2) is 28.8 Å². The predicted octanol–water partition coefficient (Wildman–Crippen LogP) is 2.80. The molecule has 0 aliphatic heterocycles. The van der Waals surface area contributed by atoms with Gasteiger partial charge in [-0.2, -0.15) is 0 Å². The Balaban J connectivity index is 2.36. The molecule has 0 saturated carbocycles. The number of aliphatic carboxylic acids is 1. The molecule has 19 heavy (non-hydrogen) atoms. The molecule has 0 saturated heterocycles. The Morgan fingerprint density at radius 1 is 1.37 bits per heavy atom. The Labute approximate surface area is 111 Å². The van der Waals surface area contributed by atoms with Crippen LogP contribution < -0.4 is 0 Å². The summed E-state index contributed by atoms with van der Waals surface area (Å²) in [6.45, 7) is 5.49. The second-order valence-corrected chi connectivity index (χ2v) is 5.13. The smallest absolute Gasteiger partial charge is 0.304 e. The van der Waals surface area contributed by atoms with Crippen molar-refractivity contribution >= 4 is 5.97 Å². The number of furan rings is 1. The topological polar surface area (TPSA) is 76.2 Å². The molecule has 0 aromatic carbocycles. The van der Waals surface area contributed by atoms with Crippen molar-refractivity contribution in [1.82, 2.24) is 9.97 Å². The lowest BCUT2D eigenvalue weighted by Crippen LogP contribution is -2.24. The van der Waals surface area contributed by atoms with Gasteiger partial charge < -0.3 is 9.52 Å². The van der Waals surface area contributed by atoms with E-state index in [4.69, 9.17) is 9.52 Å². The zero-order valence-corrected chi connectivity index (χ0v) is 11.2. The molecule has 100 valence electrons. The van der Waals surface area contributed by atoms with E-state index in [2.05, 4.69) is 9.97 Å². The maximum absolute atomic E-state index is 10.9. The van der Waals surface area contributed by atoms with Gasteiger partial charge >= 0.3 is 5.97 Å². The van der Waals surface area contributed by atoms with E-state index in [9.17, 15) is 4.79 Å². The van der Waals surface area contributed by atoms with E-state index >= 15 is 0 Å². The lowest BCUT2D eigenvalue weighted by Gasteiger charge is -2.20. The first-order valence-electron chi connectivity index (χ1n) is 6.00. The van der Waals surface area contributed by atoms with E-state index in [1.54, 1.807) is 12.3 Å². The quantitative estimate of drug-likeness (QED) is 0.914. The Morgan fingerprint density at radius 3 is 2.68 bits per heavy atom. The third-order valence-electron chi connectivity index (χ3n) is 2.85. The minimum atomic E-state index is -0.868. The molecule has 2 heterocycles. The van der Waals surface area contributed by atoms with Crippen LogP contribution in [0.4, 0.5) is 0 Å². The van der Waals surface area contributed by atoms with Crippen LogP contribution in [0.25, 0.3) is 11.5 Å². The number of aryl methyl sites for hydroxylation is 1. The highest BCUT2D eigenvalue weighted by atomic mass is 16.4. The van der Waals surface area contributed by atoms with Crippen LogP contribution >= 0.6 is 0 Å².